The number of nitrogens with one attached hydrogen (secondary N) is 1. The normalized spacial score (nSPS) is 11.2. The summed E-state index contributed by atoms with van der Waals surface area (Å²) in [6.45, 7) is 2.25. The first-order chi connectivity index (χ1) is 15.3. The molecule has 0 spiro atoms. The van der Waals surface area contributed by atoms with Gasteiger partial charge >= 0.3 is 5.97 Å². The van der Waals surface area contributed by atoms with Crippen molar-refractivity contribution in [1.29, 1.82) is 0 Å². The maximum absolute atomic E-state index is 12.8. The molecule has 1 heterocycles. The lowest BCUT2D eigenvalue weighted by atomic mass is 10.1. The first-order valence-corrected chi connectivity index (χ1v) is 9.81. The molecule has 164 valence electrons. The predicted molar refractivity (Wildman–Crippen MR) is 119 cm³/mol. The van der Waals surface area contributed by atoms with E-state index in [9.17, 15) is 9.59 Å². The first-order valence-electron chi connectivity index (χ1n) is 9.81. The summed E-state index contributed by atoms with van der Waals surface area (Å²) < 4.78 is 12.6. The summed E-state index contributed by atoms with van der Waals surface area (Å²) in [5, 5.41) is 15.9. The summed E-state index contributed by atoms with van der Waals surface area (Å²) in [6.07, 6.45) is 1.51. The van der Waals surface area contributed by atoms with Gasteiger partial charge in [-0.15, -0.1) is 0 Å². The first kappa shape index (κ1) is 22.6. The number of methoxy groups -OCH3 is 1. The van der Waals surface area contributed by atoms with Gasteiger partial charge < -0.3 is 19.9 Å². The summed E-state index contributed by atoms with van der Waals surface area (Å²) in [7, 11) is 3.35. The van der Waals surface area contributed by atoms with Crippen molar-refractivity contribution in [1.82, 2.24) is 9.78 Å². The molecule has 1 amide bonds. The average molecular weight is 433 g/mol. The van der Waals surface area contributed by atoms with E-state index in [-0.39, 0.29) is 17.6 Å². The molecule has 3 rings (SSSR count). The van der Waals surface area contributed by atoms with Crippen molar-refractivity contribution in [2.45, 2.75) is 13.0 Å². The van der Waals surface area contributed by atoms with Crippen molar-refractivity contribution in [3.8, 4) is 17.6 Å². The Labute approximate surface area is 185 Å². The number of anilines is 1. The number of rotatable bonds is 7. The highest BCUT2D eigenvalue weighted by molar-refractivity contribution is 6.04. The summed E-state index contributed by atoms with van der Waals surface area (Å²) in [4.78, 5) is 23.8. The number of amides is 1. The molecule has 3 aromatic rings. The number of ether oxygens (including phenoxy) is 2. The van der Waals surface area contributed by atoms with Gasteiger partial charge in [-0.1, -0.05) is 11.8 Å². The van der Waals surface area contributed by atoms with Crippen LogP contribution in [0.1, 0.15) is 38.8 Å². The topological polar surface area (TPSA) is 103 Å². The zero-order valence-electron chi connectivity index (χ0n) is 18.0. The minimum Gasteiger partial charge on any atom is -0.488 e. The van der Waals surface area contributed by atoms with Crippen molar-refractivity contribution in [2.24, 2.45) is 7.05 Å². The Hall–Kier alpha value is -4.09. The molecule has 1 aromatic heterocycles. The molecule has 0 aliphatic rings. The smallest absolute Gasteiger partial charge is 0.335 e. The number of carbonyl (C=O) groups excluding carboxylic acids is 1. The van der Waals surface area contributed by atoms with Crippen LogP contribution in [0.5, 0.6) is 5.75 Å². The SMILES string of the molecule is COC[C@H](C)Oc1cc(C#Cc2ccc(C(=O)O)cc2)cc(C(=O)Nc2ccn(C)n2)c1. The third kappa shape index (κ3) is 6.20. The van der Waals surface area contributed by atoms with Gasteiger partial charge in [-0.2, -0.15) is 5.10 Å². The Kier molecular flexibility index (Phi) is 7.26. The summed E-state index contributed by atoms with van der Waals surface area (Å²) in [5.74, 6) is 5.56. The quantitative estimate of drug-likeness (QED) is 0.555. The molecule has 32 heavy (non-hydrogen) atoms. The van der Waals surface area contributed by atoms with Crippen molar-refractivity contribution in [3.63, 3.8) is 0 Å². The molecule has 0 unspecified atom stereocenters. The second-order valence-corrected chi connectivity index (χ2v) is 7.09. The minimum absolute atomic E-state index is 0.187. The van der Waals surface area contributed by atoms with Gasteiger partial charge in [0.1, 0.15) is 11.9 Å². The number of carboxylic acid groups (broad SMARTS) is 1. The maximum atomic E-state index is 12.8. The van der Waals surface area contributed by atoms with Crippen LogP contribution < -0.4 is 10.1 Å². The monoisotopic (exact) mass is 433 g/mol. The van der Waals surface area contributed by atoms with Gasteiger partial charge in [0.25, 0.3) is 5.91 Å². The molecule has 1 atom stereocenters. The standard InChI is InChI=1S/C24H23N3O5/c1-16(15-31-3)32-21-13-18(5-4-17-6-8-19(9-7-17)24(29)30)12-20(14-21)23(28)25-22-10-11-27(2)26-22/h6-14,16H,15H2,1-3H3,(H,29,30)(H,25,26,28)/t16-/m0/s1. The van der Waals surface area contributed by atoms with E-state index in [1.54, 1.807) is 61.4 Å². The van der Waals surface area contributed by atoms with Gasteiger partial charge in [0.05, 0.1) is 12.2 Å². The lowest BCUT2D eigenvalue weighted by molar-refractivity contribution is 0.0696. The number of hydrogen-bond acceptors (Lipinski definition) is 5. The van der Waals surface area contributed by atoms with Gasteiger partial charge in [0, 0.05) is 43.1 Å². The van der Waals surface area contributed by atoms with Crippen LogP contribution in [0.2, 0.25) is 0 Å². The van der Waals surface area contributed by atoms with Crippen LogP contribution in [0.15, 0.2) is 54.7 Å². The van der Waals surface area contributed by atoms with Gasteiger partial charge in [-0.25, -0.2) is 4.79 Å². The van der Waals surface area contributed by atoms with Crippen LogP contribution >= 0.6 is 0 Å². The second kappa shape index (κ2) is 10.3. The zero-order valence-corrected chi connectivity index (χ0v) is 18.0. The fourth-order valence-electron chi connectivity index (χ4n) is 2.88. The Balaban J connectivity index is 1.89. The molecular weight excluding hydrogens is 410 g/mol. The van der Waals surface area contributed by atoms with Crippen molar-refractivity contribution in [2.75, 3.05) is 19.0 Å². The molecule has 0 fully saturated rings. The van der Waals surface area contributed by atoms with Gasteiger partial charge in [-0.05, 0) is 49.4 Å². The molecule has 0 aliphatic carbocycles. The molecule has 0 aliphatic heterocycles. The number of aromatic nitrogens is 2. The average Bonchev–Trinajstić information content (AvgIpc) is 3.17. The van der Waals surface area contributed by atoms with E-state index < -0.39 is 5.97 Å². The zero-order chi connectivity index (χ0) is 23.1. The van der Waals surface area contributed by atoms with E-state index in [0.29, 0.717) is 34.9 Å². The predicted octanol–water partition coefficient (Wildman–Crippen LogP) is 3.18. The highest BCUT2D eigenvalue weighted by atomic mass is 16.5. The lowest BCUT2D eigenvalue weighted by Gasteiger charge is -2.15. The van der Waals surface area contributed by atoms with Crippen LogP contribution in [0.3, 0.4) is 0 Å². The molecule has 8 nitrogen and oxygen atoms in total. The van der Waals surface area contributed by atoms with Crippen LogP contribution in [0.4, 0.5) is 5.82 Å². The Morgan fingerprint density at radius 1 is 1.09 bits per heavy atom. The van der Waals surface area contributed by atoms with Crippen LogP contribution in [-0.2, 0) is 11.8 Å². The number of hydrogen-bond donors (Lipinski definition) is 2. The third-order valence-corrected chi connectivity index (χ3v) is 4.35. The molecule has 2 N–H and O–H groups in total. The van der Waals surface area contributed by atoms with E-state index in [0.717, 1.165) is 0 Å². The van der Waals surface area contributed by atoms with E-state index in [4.69, 9.17) is 14.6 Å². The van der Waals surface area contributed by atoms with Crippen LogP contribution in [0.25, 0.3) is 0 Å². The van der Waals surface area contributed by atoms with Crippen LogP contribution in [-0.4, -0.2) is 46.6 Å². The van der Waals surface area contributed by atoms with Crippen molar-refractivity contribution < 1.29 is 24.2 Å². The van der Waals surface area contributed by atoms with Gasteiger partial charge in [0.15, 0.2) is 5.82 Å². The van der Waals surface area contributed by atoms with Crippen molar-refractivity contribution >= 4 is 17.7 Å². The fraction of sp³-hybridized carbons (Fsp3) is 0.208. The molecule has 0 saturated heterocycles. The van der Waals surface area contributed by atoms with Crippen LogP contribution in [0, 0.1) is 11.8 Å². The number of carboxylic acids is 1. The van der Waals surface area contributed by atoms with E-state index in [1.807, 2.05) is 6.92 Å². The number of carbonyl (C=O) groups is 2. The number of aryl methyl sites for hydroxylation is 1. The molecular formula is C24H23N3O5. The number of nitrogens with zero attached hydrogens (tertiary/aromatic N) is 2. The molecule has 0 bridgehead atoms. The Bertz CT molecular complexity index is 1170. The van der Waals surface area contributed by atoms with Crippen molar-refractivity contribution in [3.05, 3.63) is 77.0 Å². The maximum Gasteiger partial charge on any atom is 0.335 e. The Morgan fingerprint density at radius 2 is 1.81 bits per heavy atom. The third-order valence-electron chi connectivity index (χ3n) is 4.35. The number of benzene rings is 2. The highest BCUT2D eigenvalue weighted by Crippen LogP contribution is 2.20. The fourth-order valence-corrected chi connectivity index (χ4v) is 2.88. The minimum atomic E-state index is -0.997. The molecule has 8 heteroatoms. The molecule has 2 aromatic carbocycles. The Morgan fingerprint density at radius 3 is 2.44 bits per heavy atom. The van der Waals surface area contributed by atoms with Gasteiger partial charge in [0.2, 0.25) is 0 Å². The molecule has 0 radical (unpaired) electrons. The van der Waals surface area contributed by atoms with Gasteiger partial charge in [-0.3, -0.25) is 9.48 Å². The number of aromatic carboxylic acids is 1. The summed E-state index contributed by atoms with van der Waals surface area (Å²) >= 11 is 0. The highest BCUT2D eigenvalue weighted by Gasteiger charge is 2.12. The van der Waals surface area contributed by atoms with E-state index >= 15 is 0 Å². The summed E-state index contributed by atoms with van der Waals surface area (Å²) in [5.41, 5.74) is 1.77. The lowest BCUT2D eigenvalue weighted by Crippen LogP contribution is -2.19. The largest absolute Gasteiger partial charge is 0.488 e. The summed E-state index contributed by atoms with van der Waals surface area (Å²) in [6, 6.07) is 13.0. The van der Waals surface area contributed by atoms with E-state index in [2.05, 4.69) is 22.3 Å². The van der Waals surface area contributed by atoms with E-state index in [1.165, 1.54) is 12.1 Å². The second-order valence-electron chi connectivity index (χ2n) is 7.09. The molecule has 0 saturated carbocycles.